The molecule has 142 heavy (non-hydrogen) atoms. The van der Waals surface area contributed by atoms with Gasteiger partial charge in [-0.1, -0.05) is 60.2 Å². The lowest BCUT2D eigenvalue weighted by Crippen LogP contribution is -2.23. The molecule has 7 aromatic heterocycles. The molecule has 0 unspecified atom stereocenters. The van der Waals surface area contributed by atoms with Gasteiger partial charge < -0.3 is 60.2 Å². The van der Waals surface area contributed by atoms with Gasteiger partial charge in [-0.3, -0.25) is 34.1 Å². The Kier molecular flexibility index (Phi) is 37.0. The Hall–Kier alpha value is -14.9. The first-order valence-electron chi connectivity index (χ1n) is 42.3. The topological polar surface area (TPSA) is 330 Å². The fraction of sp³-hybridized carbons (Fsp3) is 0.136. The van der Waals surface area contributed by atoms with Crippen LogP contribution >= 0.6 is 67.8 Å². The lowest BCUT2D eigenvalue weighted by Gasteiger charge is -2.18. The number of aromatic amines is 1. The average molecular weight is 2300 g/mol. The zero-order valence-electron chi connectivity index (χ0n) is 77.3. The van der Waals surface area contributed by atoms with Crippen LogP contribution in [0.15, 0.2) is 267 Å². The van der Waals surface area contributed by atoms with Crippen molar-refractivity contribution in [1.82, 2.24) is 53.5 Å². The predicted molar refractivity (Wildman–Crippen MR) is 549 cm³/mol. The molecule has 0 saturated heterocycles. The number of carbonyl (C=O) groups is 6. The minimum absolute atomic E-state index is 0.0726. The van der Waals surface area contributed by atoms with E-state index in [0.717, 1.165) is 84.9 Å². The number of pyridine rings is 5. The molecule has 0 spiro atoms. The summed E-state index contributed by atoms with van der Waals surface area (Å²) in [6.07, 6.45) is 16.5. The number of carboxylic acids is 2. The number of para-hydroxylation sites is 2. The summed E-state index contributed by atoms with van der Waals surface area (Å²) in [5, 5.41) is 27.2. The standard InChI is InChI=1S/C36H32FN5O4S.C29H26FN5O2.C15H15FIN3O.C9H8F2INO.C7H3F2IO2.C7H4F2O2/c1-23-9-11-27(12-10-23)47(44,45)42-22-31(28-7-5-6-8-33(28)46-4)29-18-26(21-40-35(29)42)25-17-30(36(43)41(2)3)34(32(37)19-25)39-20-24-13-15-38-16-14-24;1-35(2)29(36)23-12-19(14-25(30)27(23)32-15-18-8-10-31-11-9-18)20-13-22-24(17-34-28(22)33-16-20)21-6-4-5-7-26(21)37-3;1-20(2)15(21)12-7-11(17)8-13(16)14(12)19-9-10-3-5-18-6-4-10;1-13(2)9(14)6-3-5(12)4-7(10)8(6)11;8-5-2-3(10)1-4(6(5)9)7(11)12;8-5-3-1-2-4(6(5)9)7(10)11/h5-19,21-22,39H,20H2,1-4H3;4-14,16-17,32H,15H2,1-3H3,(H,33,34);3-8,19H,9H2,1-2H3;3-4H,1-2H3;1-2H,(H,11,12);1-3H,(H,10,11). The number of H-pyrrole nitrogens is 1. The van der Waals surface area contributed by atoms with Crippen molar-refractivity contribution in [3.63, 3.8) is 0 Å². The van der Waals surface area contributed by atoms with Gasteiger partial charge in [0.1, 0.15) is 34.6 Å². The summed E-state index contributed by atoms with van der Waals surface area (Å²) in [5.41, 5.74) is 9.41. The van der Waals surface area contributed by atoms with E-state index in [1.807, 2.05) is 131 Å². The molecule has 16 aromatic rings. The highest BCUT2D eigenvalue weighted by atomic mass is 127. The molecule has 6 N–H and O–H groups in total. The van der Waals surface area contributed by atoms with Crippen molar-refractivity contribution in [3.8, 4) is 56.0 Å². The number of methoxy groups -OCH3 is 2. The number of halogens is 12. The van der Waals surface area contributed by atoms with Crippen LogP contribution in [0, 0.1) is 70.0 Å². The number of rotatable bonds is 23. The number of aryl methyl sites for hydroxylation is 1. The fourth-order valence-electron chi connectivity index (χ4n) is 13.9. The first-order valence-corrected chi connectivity index (χ1v) is 47.0. The van der Waals surface area contributed by atoms with Gasteiger partial charge in [-0.15, -0.1) is 0 Å². The molecule has 0 atom stereocenters. The maximum atomic E-state index is 15.9. The number of benzene rings is 9. The van der Waals surface area contributed by atoms with E-state index < -0.39 is 91.4 Å². The van der Waals surface area contributed by atoms with Crippen LogP contribution in [0.5, 0.6) is 11.5 Å². The Morgan fingerprint density at radius 2 is 0.768 bits per heavy atom. The second kappa shape index (κ2) is 48.8. The van der Waals surface area contributed by atoms with Gasteiger partial charge in [0.15, 0.2) is 40.6 Å². The van der Waals surface area contributed by atoms with Crippen molar-refractivity contribution in [2.24, 2.45) is 0 Å². The van der Waals surface area contributed by atoms with Gasteiger partial charge >= 0.3 is 11.9 Å². The largest absolute Gasteiger partial charge is 0.496 e. The number of hydrogen-bond donors (Lipinski definition) is 6. The van der Waals surface area contributed by atoms with Crippen LogP contribution in [0.1, 0.15) is 84.4 Å². The molecule has 0 aliphatic carbocycles. The number of hydrogen-bond acceptors (Lipinski definition) is 18. The lowest BCUT2D eigenvalue weighted by atomic mass is 9.99. The summed E-state index contributed by atoms with van der Waals surface area (Å²) < 4.78 is 163. The number of nitrogens with zero attached hydrogens (tertiary/aromatic N) is 10. The Morgan fingerprint density at radius 1 is 0.394 bits per heavy atom. The molecular formula is C103H88F9I3N14O12S. The first kappa shape index (κ1) is 108. The van der Waals surface area contributed by atoms with Gasteiger partial charge in [-0.25, -0.2) is 71.5 Å². The molecular weight excluding hydrogens is 2210 g/mol. The van der Waals surface area contributed by atoms with Crippen LogP contribution in [-0.2, 0) is 29.7 Å². The normalized spacial score (nSPS) is 10.7. The van der Waals surface area contributed by atoms with E-state index >= 15 is 8.78 Å². The highest BCUT2D eigenvalue weighted by molar-refractivity contribution is 14.1. The summed E-state index contributed by atoms with van der Waals surface area (Å²) in [7, 11) is 11.9. The minimum atomic E-state index is -4.04. The number of ether oxygens (including phenoxy) is 2. The number of carbonyl (C=O) groups excluding carboxylic acids is 4. The molecule has 0 aliphatic rings. The molecule has 16 rings (SSSR count). The molecule has 0 aliphatic heterocycles. The van der Waals surface area contributed by atoms with Crippen molar-refractivity contribution < 1.29 is 96.4 Å². The Morgan fingerprint density at radius 3 is 1.20 bits per heavy atom. The first-order chi connectivity index (χ1) is 67.6. The second-order valence-electron chi connectivity index (χ2n) is 31.7. The SMILES string of the molecule is CN(C)C(=O)c1cc(I)cc(F)c1F.CN(C)C(=O)c1cc(I)cc(F)c1NCc1ccncc1.COc1ccccc1-c1c[nH]c2ncc(-c3cc(F)c(NCc4ccncc4)c(C(=O)N(C)C)c3)cc12.COc1ccccc1-c1cn(S(=O)(=O)c2ccc(C)cc2)c2ncc(-c3cc(F)c(NCc4ccncc4)c(C(=O)N(C)C)c3)cc12.O=C(O)c1cc(I)cc(F)c1F.O=C(O)c1cccc(F)c1F. The van der Waals surface area contributed by atoms with Crippen LogP contribution in [0.3, 0.4) is 0 Å². The molecule has 9 aromatic carbocycles. The van der Waals surface area contributed by atoms with E-state index in [4.69, 9.17) is 19.7 Å². The molecule has 732 valence electrons. The molecule has 4 amide bonds. The number of anilines is 3. The number of aromatic nitrogens is 7. The van der Waals surface area contributed by atoms with Crippen molar-refractivity contribution in [2.75, 3.05) is 86.6 Å². The summed E-state index contributed by atoms with van der Waals surface area (Å²) in [4.78, 5) is 100. The van der Waals surface area contributed by atoms with Crippen LogP contribution in [0.25, 0.3) is 66.6 Å². The number of aromatic carboxylic acids is 2. The van der Waals surface area contributed by atoms with E-state index in [-0.39, 0.29) is 68.6 Å². The van der Waals surface area contributed by atoms with Crippen molar-refractivity contribution in [1.29, 1.82) is 0 Å². The molecule has 26 nitrogen and oxygen atoms in total. The summed E-state index contributed by atoms with van der Waals surface area (Å²) in [5.74, 6) is -11.7. The van der Waals surface area contributed by atoms with Crippen LogP contribution < -0.4 is 25.4 Å². The monoisotopic (exact) mass is 2300 g/mol. The van der Waals surface area contributed by atoms with E-state index in [2.05, 4.69) is 45.9 Å². The van der Waals surface area contributed by atoms with Crippen LogP contribution in [0.4, 0.5) is 56.6 Å². The third-order valence-corrected chi connectivity index (χ3v) is 24.6. The number of fused-ring (bicyclic) bond motifs is 2. The minimum Gasteiger partial charge on any atom is -0.496 e. The maximum Gasteiger partial charge on any atom is 0.338 e. The van der Waals surface area contributed by atoms with Crippen LogP contribution in [-0.4, -0.2) is 178 Å². The van der Waals surface area contributed by atoms with Crippen molar-refractivity contribution in [3.05, 3.63) is 381 Å². The summed E-state index contributed by atoms with van der Waals surface area (Å²) in [6, 6.07) is 52.8. The zero-order valence-corrected chi connectivity index (χ0v) is 84.6. The molecule has 7 heterocycles. The number of carboxylic acid groups (broad SMARTS) is 2. The van der Waals surface area contributed by atoms with Gasteiger partial charge in [0, 0.05) is 193 Å². The number of amides is 4. The van der Waals surface area contributed by atoms with Gasteiger partial charge in [-0.05, 0) is 248 Å². The number of nitrogens with one attached hydrogen (secondary N) is 4. The highest BCUT2D eigenvalue weighted by Crippen LogP contribution is 2.42. The van der Waals surface area contributed by atoms with E-state index in [1.165, 1.54) is 70.4 Å². The third kappa shape index (κ3) is 26.6. The molecule has 0 bridgehead atoms. The van der Waals surface area contributed by atoms with Gasteiger partial charge in [0.25, 0.3) is 33.7 Å². The predicted octanol–water partition coefficient (Wildman–Crippen LogP) is 21.9. The van der Waals surface area contributed by atoms with Crippen molar-refractivity contribution >= 4 is 152 Å². The van der Waals surface area contributed by atoms with E-state index in [9.17, 15) is 67.9 Å². The third-order valence-electron chi connectivity index (χ3n) is 21.0. The highest BCUT2D eigenvalue weighted by Gasteiger charge is 2.29. The maximum absolute atomic E-state index is 15.9. The quantitative estimate of drug-likeness (QED) is 0.0197. The zero-order chi connectivity index (χ0) is 103. The van der Waals surface area contributed by atoms with E-state index in [1.54, 1.807) is 189 Å². The molecule has 39 heteroatoms. The Balaban J connectivity index is 0.000000178. The van der Waals surface area contributed by atoms with Gasteiger partial charge in [0.2, 0.25) is 0 Å². The van der Waals surface area contributed by atoms with Crippen LogP contribution in [0.2, 0.25) is 0 Å². The smallest absolute Gasteiger partial charge is 0.338 e. The molecule has 0 radical (unpaired) electrons. The van der Waals surface area contributed by atoms with Gasteiger partial charge in [0.05, 0.1) is 69.6 Å². The van der Waals surface area contributed by atoms with E-state index in [0.29, 0.717) is 79.5 Å². The van der Waals surface area contributed by atoms with Crippen molar-refractivity contribution in [2.45, 2.75) is 31.5 Å². The second-order valence-corrected chi connectivity index (χ2v) is 37.2. The summed E-state index contributed by atoms with van der Waals surface area (Å²) >= 11 is 5.54. The van der Waals surface area contributed by atoms with Gasteiger partial charge in [-0.2, -0.15) is 0 Å². The Bertz CT molecular complexity index is 7470. The fourth-order valence-corrected chi connectivity index (χ4v) is 17.0. The Labute approximate surface area is 850 Å². The summed E-state index contributed by atoms with van der Waals surface area (Å²) in [6.45, 7) is 2.94. The lowest BCUT2D eigenvalue weighted by molar-refractivity contribution is 0.0679. The average Bonchev–Trinajstić information content (AvgIpc) is 1.58. The molecule has 0 saturated carbocycles. The molecule has 0 fully saturated rings.